The lowest BCUT2D eigenvalue weighted by molar-refractivity contribution is 0.0950. The molecule has 2 nitrogen and oxygen atoms in total. The Morgan fingerprint density at radius 3 is 2.47 bits per heavy atom. The van der Waals surface area contributed by atoms with Crippen molar-refractivity contribution in [2.75, 3.05) is 0 Å². The van der Waals surface area contributed by atoms with Gasteiger partial charge in [-0.3, -0.25) is 4.79 Å². The SMILES string of the molecule is O=C(NCc1ccc(Br)cc1)c1[c]c(F)c(F)cc1. The molecule has 1 amide bonds. The van der Waals surface area contributed by atoms with Crippen LogP contribution in [0.2, 0.25) is 0 Å². The molecule has 97 valence electrons. The topological polar surface area (TPSA) is 29.1 Å². The third-order valence-electron chi connectivity index (χ3n) is 2.46. The van der Waals surface area contributed by atoms with Crippen LogP contribution in [0.15, 0.2) is 40.9 Å². The highest BCUT2D eigenvalue weighted by Crippen LogP contribution is 2.11. The molecule has 0 aliphatic heterocycles. The van der Waals surface area contributed by atoms with Crippen molar-refractivity contribution in [3.63, 3.8) is 0 Å². The number of hydrogen-bond donors (Lipinski definition) is 1. The van der Waals surface area contributed by atoms with E-state index in [4.69, 9.17) is 0 Å². The van der Waals surface area contributed by atoms with Gasteiger partial charge in [-0.05, 0) is 29.8 Å². The van der Waals surface area contributed by atoms with E-state index in [0.29, 0.717) is 6.54 Å². The van der Waals surface area contributed by atoms with E-state index in [-0.39, 0.29) is 5.56 Å². The predicted octanol–water partition coefficient (Wildman–Crippen LogP) is 3.46. The molecule has 0 bridgehead atoms. The zero-order chi connectivity index (χ0) is 13.8. The van der Waals surface area contributed by atoms with Gasteiger partial charge in [-0.15, -0.1) is 0 Å². The van der Waals surface area contributed by atoms with E-state index >= 15 is 0 Å². The Morgan fingerprint density at radius 2 is 1.84 bits per heavy atom. The van der Waals surface area contributed by atoms with Crippen LogP contribution >= 0.6 is 15.9 Å². The Hall–Kier alpha value is -1.75. The summed E-state index contributed by atoms with van der Waals surface area (Å²) in [6, 6.07) is 11.6. The first kappa shape index (κ1) is 13.7. The van der Waals surface area contributed by atoms with Crippen molar-refractivity contribution >= 4 is 21.8 Å². The average molecular weight is 325 g/mol. The summed E-state index contributed by atoms with van der Waals surface area (Å²) in [7, 11) is 0. The highest BCUT2D eigenvalue weighted by atomic mass is 79.9. The number of benzene rings is 2. The summed E-state index contributed by atoms with van der Waals surface area (Å²) in [6.07, 6.45) is 0. The average Bonchev–Trinajstić information content (AvgIpc) is 2.41. The highest BCUT2D eigenvalue weighted by Gasteiger charge is 2.09. The van der Waals surface area contributed by atoms with Crippen molar-refractivity contribution in [2.45, 2.75) is 6.54 Å². The van der Waals surface area contributed by atoms with Crippen LogP contribution in [-0.4, -0.2) is 5.91 Å². The van der Waals surface area contributed by atoms with Crippen molar-refractivity contribution in [1.82, 2.24) is 5.32 Å². The largest absolute Gasteiger partial charge is 0.348 e. The first-order valence-corrected chi connectivity index (χ1v) is 6.25. The number of carbonyl (C=O) groups excluding carboxylic acids is 1. The van der Waals surface area contributed by atoms with Crippen LogP contribution in [-0.2, 0) is 6.54 Å². The van der Waals surface area contributed by atoms with Crippen LogP contribution in [0.5, 0.6) is 0 Å². The van der Waals surface area contributed by atoms with Crippen molar-refractivity contribution in [1.29, 1.82) is 0 Å². The third-order valence-corrected chi connectivity index (χ3v) is 2.99. The highest BCUT2D eigenvalue weighted by molar-refractivity contribution is 9.10. The first-order valence-electron chi connectivity index (χ1n) is 5.46. The molecule has 2 aromatic carbocycles. The van der Waals surface area contributed by atoms with Gasteiger partial charge < -0.3 is 5.32 Å². The van der Waals surface area contributed by atoms with Crippen molar-refractivity contribution in [2.24, 2.45) is 0 Å². The van der Waals surface area contributed by atoms with Gasteiger partial charge in [0, 0.05) is 17.1 Å². The molecular formula is C14H9BrF2NO. The number of rotatable bonds is 3. The molecule has 0 aliphatic rings. The number of carbonyl (C=O) groups is 1. The van der Waals surface area contributed by atoms with Crippen LogP contribution in [0.4, 0.5) is 8.78 Å². The Bertz CT molecular complexity index is 599. The van der Waals surface area contributed by atoms with Crippen LogP contribution in [0.1, 0.15) is 15.9 Å². The fraction of sp³-hybridized carbons (Fsp3) is 0.0714. The smallest absolute Gasteiger partial charge is 0.252 e. The van der Waals surface area contributed by atoms with E-state index in [1.54, 1.807) is 0 Å². The molecule has 19 heavy (non-hydrogen) atoms. The Labute approximate surface area is 117 Å². The van der Waals surface area contributed by atoms with Crippen LogP contribution in [0, 0.1) is 17.7 Å². The molecule has 1 N–H and O–H groups in total. The van der Waals surface area contributed by atoms with Crippen molar-refractivity contribution in [3.8, 4) is 0 Å². The summed E-state index contributed by atoms with van der Waals surface area (Å²) in [5.41, 5.74) is 0.871. The van der Waals surface area contributed by atoms with E-state index in [0.717, 1.165) is 16.1 Å². The van der Waals surface area contributed by atoms with E-state index in [9.17, 15) is 13.6 Å². The molecular weight excluding hydrogens is 316 g/mol. The lowest BCUT2D eigenvalue weighted by atomic mass is 10.2. The lowest BCUT2D eigenvalue weighted by Crippen LogP contribution is -2.23. The molecule has 2 aromatic rings. The number of halogens is 3. The maximum Gasteiger partial charge on any atom is 0.252 e. The van der Waals surface area contributed by atoms with Gasteiger partial charge in [0.1, 0.15) is 0 Å². The minimum absolute atomic E-state index is 0.0315. The fourth-order valence-corrected chi connectivity index (χ4v) is 1.73. The molecule has 0 atom stereocenters. The summed E-state index contributed by atoms with van der Waals surface area (Å²) >= 11 is 3.31. The van der Waals surface area contributed by atoms with Gasteiger partial charge in [0.2, 0.25) is 0 Å². The van der Waals surface area contributed by atoms with Crippen LogP contribution < -0.4 is 5.32 Å². The summed E-state index contributed by atoms with van der Waals surface area (Å²) in [5, 5.41) is 2.61. The minimum Gasteiger partial charge on any atom is -0.348 e. The van der Waals surface area contributed by atoms with Gasteiger partial charge in [0.25, 0.3) is 5.91 Å². The van der Waals surface area contributed by atoms with Crippen molar-refractivity contribution < 1.29 is 13.6 Å². The molecule has 2 rings (SSSR count). The molecule has 0 fully saturated rings. The van der Waals surface area contributed by atoms with Crippen LogP contribution in [0.25, 0.3) is 0 Å². The lowest BCUT2D eigenvalue weighted by Gasteiger charge is -2.05. The zero-order valence-electron chi connectivity index (χ0n) is 9.71. The van der Waals surface area contributed by atoms with Crippen LogP contribution in [0.3, 0.4) is 0 Å². The molecule has 0 saturated carbocycles. The number of hydrogen-bond acceptors (Lipinski definition) is 1. The molecule has 0 unspecified atom stereocenters. The van der Waals surface area contributed by atoms with E-state index in [1.165, 1.54) is 6.07 Å². The van der Waals surface area contributed by atoms with Gasteiger partial charge in [-0.1, -0.05) is 28.1 Å². The Kier molecular flexibility index (Phi) is 4.27. The number of nitrogens with one attached hydrogen (secondary N) is 1. The normalized spacial score (nSPS) is 10.3. The molecule has 0 aliphatic carbocycles. The first-order chi connectivity index (χ1) is 9.06. The summed E-state index contributed by atoms with van der Waals surface area (Å²) in [5.74, 6) is -2.68. The zero-order valence-corrected chi connectivity index (χ0v) is 11.3. The van der Waals surface area contributed by atoms with Gasteiger partial charge in [0.15, 0.2) is 11.6 Å². The Balaban J connectivity index is 2.01. The standard InChI is InChI=1S/C14H9BrF2NO/c15-11-4-1-9(2-5-11)8-18-14(19)10-3-6-12(16)13(17)7-10/h1-6H,8H2,(H,18,19). The second kappa shape index (κ2) is 5.93. The van der Waals surface area contributed by atoms with Crippen molar-refractivity contribution in [3.05, 3.63) is 69.7 Å². The van der Waals surface area contributed by atoms with Gasteiger partial charge in [-0.2, -0.15) is 0 Å². The second-order valence-electron chi connectivity index (χ2n) is 3.84. The second-order valence-corrected chi connectivity index (χ2v) is 4.76. The summed E-state index contributed by atoms with van der Waals surface area (Å²) < 4.78 is 26.6. The predicted molar refractivity (Wildman–Crippen MR) is 70.5 cm³/mol. The number of amides is 1. The molecule has 5 heteroatoms. The molecule has 1 radical (unpaired) electrons. The van der Waals surface area contributed by atoms with E-state index in [2.05, 4.69) is 27.3 Å². The summed E-state index contributed by atoms with van der Waals surface area (Å²) in [4.78, 5) is 11.7. The Morgan fingerprint density at radius 1 is 1.16 bits per heavy atom. The minimum atomic E-state index is -1.16. The maximum atomic E-state index is 12.9. The van der Waals surface area contributed by atoms with E-state index < -0.39 is 17.5 Å². The quantitative estimate of drug-likeness (QED) is 0.920. The molecule has 0 spiro atoms. The summed E-state index contributed by atoms with van der Waals surface area (Å²) in [6.45, 7) is 0.305. The fourth-order valence-electron chi connectivity index (χ4n) is 1.46. The molecule has 0 heterocycles. The molecule has 0 aromatic heterocycles. The maximum absolute atomic E-state index is 12.9. The van der Waals surface area contributed by atoms with E-state index in [1.807, 2.05) is 24.3 Å². The van der Waals surface area contributed by atoms with Gasteiger partial charge in [-0.25, -0.2) is 8.78 Å². The third kappa shape index (κ3) is 3.61. The monoisotopic (exact) mass is 324 g/mol. The van der Waals surface area contributed by atoms with Gasteiger partial charge >= 0.3 is 0 Å². The van der Waals surface area contributed by atoms with Gasteiger partial charge in [0.05, 0.1) is 5.56 Å². The molecule has 0 saturated heterocycles.